The Morgan fingerprint density at radius 3 is 2.77 bits per heavy atom. The highest BCUT2D eigenvalue weighted by atomic mass is 16.5. The number of hydrogen-bond acceptors (Lipinski definition) is 4. The molecule has 0 aliphatic heterocycles. The average Bonchev–Trinajstić information content (AvgIpc) is 2.16. The summed E-state index contributed by atoms with van der Waals surface area (Å²) in [5.74, 6) is -1.30. The molecule has 13 heavy (non-hydrogen) atoms. The van der Waals surface area contributed by atoms with E-state index in [0.29, 0.717) is 0 Å². The fourth-order valence-electron chi connectivity index (χ4n) is 0.879. The molecule has 1 N–H and O–H groups in total. The number of carboxylic acids is 1. The van der Waals surface area contributed by atoms with Crippen molar-refractivity contribution >= 4 is 11.9 Å². The first-order valence-corrected chi connectivity index (χ1v) is 3.60. The van der Waals surface area contributed by atoms with Crippen molar-refractivity contribution in [2.75, 3.05) is 0 Å². The molecule has 0 radical (unpaired) electrons. The van der Waals surface area contributed by atoms with E-state index in [4.69, 9.17) is 6.17 Å². The van der Waals surface area contributed by atoms with Crippen molar-refractivity contribution < 1.29 is 19.4 Å². The van der Waals surface area contributed by atoms with E-state index in [1.165, 1.54) is 19.1 Å². The van der Waals surface area contributed by atoms with Crippen LogP contribution in [0.1, 0.15) is 17.3 Å². The summed E-state index contributed by atoms with van der Waals surface area (Å²) in [7, 11) is 0. The van der Waals surface area contributed by atoms with Gasteiger partial charge in [-0.2, -0.15) is 0 Å². The van der Waals surface area contributed by atoms with E-state index in [2.05, 4.69) is 5.11 Å². The van der Waals surface area contributed by atoms with Crippen LogP contribution in [0.15, 0.2) is 24.3 Å². The van der Waals surface area contributed by atoms with Gasteiger partial charge in [-0.25, -0.2) is 4.79 Å². The van der Waals surface area contributed by atoms with Crippen molar-refractivity contribution in [1.82, 2.24) is 0 Å². The molecule has 0 bridgehead atoms. The number of carbonyl (C=O) groups is 2. The van der Waals surface area contributed by atoms with E-state index in [-0.39, 0.29) is 11.3 Å². The van der Waals surface area contributed by atoms with Gasteiger partial charge in [-0.1, -0.05) is 12.1 Å². The number of rotatable bonds is 2. The van der Waals surface area contributed by atoms with Gasteiger partial charge < -0.3 is 9.85 Å². The zero-order valence-electron chi connectivity index (χ0n) is 7.94. The summed E-state index contributed by atoms with van der Waals surface area (Å²) in [6.45, 7) is 1.23. The predicted octanol–water partition coefficient (Wildman–Crippen LogP) is 1.31. The van der Waals surface area contributed by atoms with E-state index < -0.39 is 11.9 Å². The number of benzene rings is 1. The fraction of sp³-hybridized carbons (Fsp3) is 0.111. The minimum Gasteiger partial charge on any atom is -0.478 e. The molecular weight excluding hydrogens is 172 g/mol. The van der Waals surface area contributed by atoms with Crippen LogP contribution in [0.4, 0.5) is 0 Å². The monoisotopic (exact) mass is 181 g/mol. The summed E-state index contributed by atoms with van der Waals surface area (Å²) in [4.78, 5) is 21.7. The molecule has 0 heterocycles. The molecule has 0 saturated carbocycles. The number of hydrogen-bond donors (Lipinski definition) is 1. The Morgan fingerprint density at radius 1 is 1.46 bits per heavy atom. The summed E-state index contributed by atoms with van der Waals surface area (Å²) in [5, 5.41) is 3.78. The largest absolute Gasteiger partial charge is 0.478 e. The highest BCUT2D eigenvalue weighted by Crippen LogP contribution is 2.17. The molecule has 0 aromatic heterocycles. The molecule has 1 rings (SSSR count). The Bertz CT molecular complexity index is 362. The average molecular weight is 181 g/mol. The molecule has 0 saturated heterocycles. The van der Waals surface area contributed by atoms with Crippen LogP contribution in [-0.2, 0) is 4.79 Å². The van der Waals surface area contributed by atoms with Gasteiger partial charge in [0.15, 0.2) is 0 Å². The Morgan fingerprint density at radius 2 is 2.15 bits per heavy atom. The van der Waals surface area contributed by atoms with Crippen molar-refractivity contribution in [1.29, 1.82) is 1.43 Å². The number of carboxylic acid groups (broad SMARTS) is 1. The lowest BCUT2D eigenvalue weighted by Crippen LogP contribution is -2.06. The van der Waals surface area contributed by atoms with Crippen LogP contribution in [0, 0.1) is 0 Å². The molecule has 0 amide bonds. The maximum atomic E-state index is 11.0. The summed E-state index contributed by atoms with van der Waals surface area (Å²) in [6, 6.07) is 6.06. The van der Waals surface area contributed by atoms with Crippen LogP contribution in [0.5, 0.6) is 5.75 Å². The van der Waals surface area contributed by atoms with Gasteiger partial charge in [0.05, 0.1) is 0 Å². The Hall–Kier alpha value is -1.84. The van der Waals surface area contributed by atoms with Gasteiger partial charge in [-0.3, -0.25) is 4.79 Å². The number of aromatic carboxylic acids is 1. The van der Waals surface area contributed by atoms with Crippen LogP contribution >= 0.6 is 0 Å². The fourth-order valence-corrected chi connectivity index (χ4v) is 0.879. The quantitative estimate of drug-likeness (QED) is 0.551. The second-order valence-electron chi connectivity index (χ2n) is 2.38. The molecule has 4 heteroatoms. The molecule has 4 nitrogen and oxygen atoms in total. The second kappa shape index (κ2) is 3.71. The van der Waals surface area contributed by atoms with Gasteiger partial charge in [0.25, 0.3) is 1.43 Å². The smallest absolute Gasteiger partial charge is 0.339 e. The third-order valence-electron chi connectivity index (χ3n) is 1.36. The predicted molar refractivity (Wildman–Crippen MR) is 44.7 cm³/mol. The van der Waals surface area contributed by atoms with E-state index in [1.807, 2.05) is 0 Å². The summed E-state index contributed by atoms with van der Waals surface area (Å²) < 4.78 is 11.2. The van der Waals surface area contributed by atoms with Gasteiger partial charge in [-0.05, 0) is 12.1 Å². The lowest BCUT2D eigenvalue weighted by atomic mass is 10.2. The maximum Gasteiger partial charge on any atom is 0.339 e. The van der Waals surface area contributed by atoms with Crippen LogP contribution < -0.4 is 4.74 Å². The van der Waals surface area contributed by atoms with Crippen molar-refractivity contribution in [2.45, 2.75) is 6.92 Å². The zero-order valence-corrected chi connectivity index (χ0v) is 6.94. The molecule has 68 valence electrons. The molecule has 1 aromatic carbocycles. The molecule has 0 aliphatic carbocycles. The molecule has 1 aromatic rings. The first-order chi connectivity index (χ1) is 6.65. The minimum atomic E-state index is -0.859. The van der Waals surface area contributed by atoms with E-state index in [1.54, 1.807) is 12.1 Å². The number of ether oxygens (including phenoxy) is 1. The lowest BCUT2D eigenvalue weighted by molar-refractivity contribution is -0.131. The topological polar surface area (TPSA) is 63.6 Å². The minimum absolute atomic E-state index is 0.0534. The first kappa shape index (κ1) is 7.79. The molecular formula is C9H8O4. The van der Waals surface area contributed by atoms with Crippen molar-refractivity contribution in [3.8, 4) is 5.75 Å². The molecule has 0 aliphatic rings. The molecule has 0 unspecified atom stereocenters. The van der Waals surface area contributed by atoms with Crippen molar-refractivity contribution in [3.63, 3.8) is 0 Å². The molecule has 0 spiro atoms. The summed E-state index contributed by atoms with van der Waals surface area (Å²) in [6.07, 6.45) is 0. The van der Waals surface area contributed by atoms with Gasteiger partial charge in [0.2, 0.25) is 0 Å². The SMILES string of the molecule is [2H]OC(=O)c1ccccc1OC(C)=O. The first-order valence-electron chi connectivity index (χ1n) is 4.01. The summed E-state index contributed by atoms with van der Waals surface area (Å²) >= 11 is 0. The van der Waals surface area contributed by atoms with Gasteiger partial charge in [0.1, 0.15) is 11.3 Å². The normalized spacial score (nSPS) is 10.1. The standard InChI is InChI=1S/C9H8O4/c1-6(10)13-8-5-3-2-4-7(8)9(11)12/h2-5H,1H3,(H,11,12)/i/hD. The van der Waals surface area contributed by atoms with Crippen LogP contribution in [0.3, 0.4) is 0 Å². The zero-order chi connectivity index (χ0) is 10.6. The van der Waals surface area contributed by atoms with Crippen molar-refractivity contribution in [3.05, 3.63) is 29.8 Å². The summed E-state index contributed by atoms with van der Waals surface area (Å²) in [5.41, 5.74) is 0.0534. The van der Waals surface area contributed by atoms with Crippen LogP contribution in [0.25, 0.3) is 1.43 Å². The molecule has 0 atom stereocenters. The number of esters is 1. The van der Waals surface area contributed by atoms with E-state index >= 15 is 0 Å². The van der Waals surface area contributed by atoms with Gasteiger partial charge >= 0.3 is 11.9 Å². The Kier molecular flexibility index (Phi) is 2.22. The highest BCUT2D eigenvalue weighted by Gasteiger charge is 2.10. The van der Waals surface area contributed by atoms with Crippen LogP contribution in [0.2, 0.25) is 0 Å². The third kappa shape index (κ3) is 2.30. The van der Waals surface area contributed by atoms with E-state index in [9.17, 15) is 9.59 Å². The Labute approximate surface area is 76.2 Å². The number of carbonyl (C=O) groups excluding carboxylic acids is 1. The Balaban J connectivity index is 3.02. The highest BCUT2D eigenvalue weighted by molar-refractivity contribution is 5.91. The van der Waals surface area contributed by atoms with Gasteiger partial charge in [-0.15, -0.1) is 0 Å². The van der Waals surface area contributed by atoms with Gasteiger partial charge in [0, 0.05) is 6.92 Å². The second-order valence-corrected chi connectivity index (χ2v) is 2.38. The third-order valence-corrected chi connectivity index (χ3v) is 1.36. The molecule has 0 fully saturated rings. The number of para-hydroxylation sites is 1. The van der Waals surface area contributed by atoms with Crippen molar-refractivity contribution in [2.24, 2.45) is 0 Å². The van der Waals surface area contributed by atoms with E-state index in [0.717, 1.165) is 0 Å². The maximum absolute atomic E-state index is 11.0. The lowest BCUT2D eigenvalue weighted by Gasteiger charge is -2.03. The van der Waals surface area contributed by atoms with Crippen LogP contribution in [-0.4, -0.2) is 17.0 Å².